The quantitative estimate of drug-likeness (QED) is 0.367. The summed E-state index contributed by atoms with van der Waals surface area (Å²) in [6.45, 7) is 0. The van der Waals surface area contributed by atoms with Gasteiger partial charge in [0.05, 0.1) is 0 Å². The van der Waals surface area contributed by atoms with E-state index in [0.29, 0.717) is 0 Å². The molecule has 1 aromatic rings. The minimum atomic E-state index is 0. The molecule has 0 nitrogen and oxygen atoms in total. The van der Waals surface area contributed by atoms with Crippen molar-refractivity contribution in [1.82, 2.24) is 0 Å². The van der Waals surface area contributed by atoms with Crippen LogP contribution in [0.2, 0.25) is 0 Å². The summed E-state index contributed by atoms with van der Waals surface area (Å²) < 4.78 is 2.44. The molecule has 0 amide bonds. The van der Waals surface area contributed by atoms with Crippen molar-refractivity contribution in [1.29, 1.82) is 0 Å². The number of rotatable bonds is 0. The van der Waals surface area contributed by atoms with Crippen LogP contribution in [0, 0.1) is 7.14 Å². The molecular weight excluding hydrogens is 423 g/mol. The molecule has 0 heterocycles. The van der Waals surface area contributed by atoms with Crippen LogP contribution in [0.1, 0.15) is 0 Å². The first-order valence-corrected chi connectivity index (χ1v) is 4.94. The molecule has 48 valence electrons. The smallest absolute Gasteiger partial charge is 0.142 e. The number of benzene rings is 1. The zero-order chi connectivity index (χ0) is 6.85. The minimum absolute atomic E-state index is 0. The fourth-order valence-electron chi connectivity index (χ4n) is 0.486. The van der Waals surface area contributed by atoms with Crippen LogP contribution >= 0.6 is 57.8 Å². The first-order chi connectivity index (χ1) is 4.20. The van der Waals surface area contributed by atoms with Gasteiger partial charge in [0.1, 0.15) is 0 Å². The van der Waals surface area contributed by atoms with Crippen LogP contribution in [0.15, 0.2) is 23.1 Å². The van der Waals surface area contributed by atoms with Crippen LogP contribution in [-0.4, -0.2) is 0 Å². The SMILES string of the molecule is Sc1cc(I)ccc1I.[Zn+2]. The fraction of sp³-hybridized carbons (Fsp3) is 0. The van der Waals surface area contributed by atoms with Crippen LogP contribution in [0.3, 0.4) is 0 Å². The Labute approximate surface area is 106 Å². The number of thiol groups is 1. The molecule has 0 atom stereocenters. The zero-order valence-corrected chi connectivity index (χ0v) is 13.3. The fourth-order valence-corrected chi connectivity index (χ4v) is 1.77. The van der Waals surface area contributed by atoms with Crippen LogP contribution in [-0.2, 0) is 19.5 Å². The Hall–Kier alpha value is 1.65. The Kier molecular flexibility index (Phi) is 6.21. The van der Waals surface area contributed by atoms with Gasteiger partial charge in [-0.1, -0.05) is 0 Å². The Balaban J connectivity index is 0.000000810. The van der Waals surface area contributed by atoms with E-state index >= 15 is 0 Å². The molecular formula is C6H4I2SZn+2. The third kappa shape index (κ3) is 3.37. The van der Waals surface area contributed by atoms with Crippen LogP contribution in [0.25, 0.3) is 0 Å². The van der Waals surface area contributed by atoms with Gasteiger partial charge in [0.15, 0.2) is 0 Å². The summed E-state index contributed by atoms with van der Waals surface area (Å²) in [7, 11) is 0. The second kappa shape index (κ2) is 5.33. The molecule has 4 heteroatoms. The molecule has 0 aliphatic rings. The molecule has 0 bridgehead atoms. The van der Waals surface area contributed by atoms with Crippen LogP contribution in [0.5, 0.6) is 0 Å². The number of halogens is 2. The monoisotopic (exact) mass is 426 g/mol. The van der Waals surface area contributed by atoms with E-state index in [1.807, 2.05) is 6.07 Å². The number of hydrogen-bond donors (Lipinski definition) is 1. The average Bonchev–Trinajstić information content (AvgIpc) is 1.80. The second-order valence-corrected chi connectivity index (χ2v) is 4.49. The van der Waals surface area contributed by atoms with Gasteiger partial charge in [0.25, 0.3) is 0 Å². The van der Waals surface area contributed by atoms with Gasteiger partial charge in [-0.2, -0.15) is 0 Å². The third-order valence-electron chi connectivity index (χ3n) is 0.908. The molecule has 0 aliphatic carbocycles. The van der Waals surface area contributed by atoms with Crippen molar-refractivity contribution in [2.45, 2.75) is 4.90 Å². The van der Waals surface area contributed by atoms with E-state index < -0.39 is 0 Å². The van der Waals surface area contributed by atoms with Crippen LogP contribution < -0.4 is 0 Å². The van der Waals surface area contributed by atoms with Crippen molar-refractivity contribution in [2.75, 3.05) is 0 Å². The van der Waals surface area contributed by atoms with Crippen molar-refractivity contribution in [3.63, 3.8) is 0 Å². The van der Waals surface area contributed by atoms with Crippen LogP contribution in [0.4, 0.5) is 0 Å². The maximum absolute atomic E-state index is 4.26. The Morgan fingerprint density at radius 3 is 2.20 bits per heavy atom. The van der Waals surface area contributed by atoms with Crippen molar-refractivity contribution >= 4 is 57.8 Å². The first kappa shape index (κ1) is 11.7. The van der Waals surface area contributed by atoms with Crippen molar-refractivity contribution in [3.8, 4) is 0 Å². The molecule has 0 aliphatic heterocycles. The summed E-state index contributed by atoms with van der Waals surface area (Å²) in [6, 6.07) is 6.18. The van der Waals surface area contributed by atoms with Gasteiger partial charge in [-0.15, -0.1) is 12.6 Å². The van der Waals surface area contributed by atoms with E-state index in [9.17, 15) is 0 Å². The number of hydrogen-bond acceptors (Lipinski definition) is 1. The van der Waals surface area contributed by atoms with Crippen molar-refractivity contribution < 1.29 is 19.5 Å². The van der Waals surface area contributed by atoms with E-state index in [0.717, 1.165) is 4.90 Å². The normalized spacial score (nSPS) is 8.70. The van der Waals surface area contributed by atoms with E-state index in [2.05, 4.69) is 69.9 Å². The molecule has 0 aromatic heterocycles. The third-order valence-corrected chi connectivity index (χ3v) is 3.32. The molecule has 0 N–H and O–H groups in total. The minimum Gasteiger partial charge on any atom is -0.142 e. The summed E-state index contributed by atoms with van der Waals surface area (Å²) >= 11 is 8.79. The summed E-state index contributed by atoms with van der Waals surface area (Å²) in [6.07, 6.45) is 0. The topological polar surface area (TPSA) is 0 Å². The van der Waals surface area contributed by atoms with E-state index in [1.165, 1.54) is 7.14 Å². The molecule has 0 radical (unpaired) electrons. The summed E-state index contributed by atoms with van der Waals surface area (Å²) in [4.78, 5) is 1.06. The van der Waals surface area contributed by atoms with E-state index in [1.54, 1.807) is 0 Å². The summed E-state index contributed by atoms with van der Waals surface area (Å²) in [5, 5.41) is 0. The molecule has 10 heavy (non-hydrogen) atoms. The predicted octanol–water partition coefficient (Wildman–Crippen LogP) is 3.18. The Bertz CT molecular complexity index is 227. The average molecular weight is 427 g/mol. The van der Waals surface area contributed by atoms with Gasteiger partial charge in [-0.3, -0.25) is 0 Å². The van der Waals surface area contributed by atoms with Gasteiger partial charge in [-0.05, 0) is 63.4 Å². The van der Waals surface area contributed by atoms with Gasteiger partial charge >= 0.3 is 19.5 Å². The van der Waals surface area contributed by atoms with Gasteiger partial charge in [0, 0.05) is 12.0 Å². The zero-order valence-electron chi connectivity index (χ0n) is 5.14. The standard InChI is InChI=1S/C6H4I2S.Zn/c7-4-1-2-5(8)6(9)3-4;/h1-3,9H;/q;+2. The molecule has 0 spiro atoms. The van der Waals surface area contributed by atoms with E-state index in [-0.39, 0.29) is 19.5 Å². The summed E-state index contributed by atoms with van der Waals surface area (Å²) in [5.41, 5.74) is 0. The largest absolute Gasteiger partial charge is 2.00 e. The Morgan fingerprint density at radius 2 is 1.80 bits per heavy atom. The maximum atomic E-state index is 4.26. The predicted molar refractivity (Wildman–Crippen MR) is 59.1 cm³/mol. The molecule has 1 rings (SSSR count). The maximum Gasteiger partial charge on any atom is 2.00 e. The molecule has 0 unspecified atom stereocenters. The molecule has 0 saturated carbocycles. The van der Waals surface area contributed by atoms with Crippen molar-refractivity contribution in [3.05, 3.63) is 25.3 Å². The molecule has 1 aromatic carbocycles. The molecule has 0 saturated heterocycles. The molecule has 0 fully saturated rings. The van der Waals surface area contributed by atoms with Crippen molar-refractivity contribution in [2.24, 2.45) is 0 Å². The second-order valence-electron chi connectivity index (χ2n) is 1.60. The van der Waals surface area contributed by atoms with Gasteiger partial charge in [0.2, 0.25) is 0 Å². The van der Waals surface area contributed by atoms with Gasteiger partial charge < -0.3 is 0 Å². The Morgan fingerprint density at radius 1 is 1.20 bits per heavy atom. The summed E-state index contributed by atoms with van der Waals surface area (Å²) in [5.74, 6) is 0. The first-order valence-electron chi connectivity index (χ1n) is 2.34. The van der Waals surface area contributed by atoms with E-state index in [4.69, 9.17) is 0 Å². The van der Waals surface area contributed by atoms with Gasteiger partial charge in [-0.25, -0.2) is 0 Å².